The second kappa shape index (κ2) is 4.68. The Hall–Kier alpha value is -1.32. The van der Waals surface area contributed by atoms with Crippen molar-refractivity contribution >= 4 is 11.6 Å². The molecule has 3 nitrogen and oxygen atoms in total. The highest BCUT2D eigenvalue weighted by Crippen LogP contribution is 2.25. The Bertz CT molecular complexity index is 479. The van der Waals surface area contributed by atoms with E-state index in [1.807, 2.05) is 35.0 Å². The van der Waals surface area contributed by atoms with E-state index < -0.39 is 0 Å². The number of aryl methyl sites for hydroxylation is 1. The van der Waals surface area contributed by atoms with Crippen LogP contribution in [0.25, 0.3) is 0 Å². The number of benzene rings is 1. The molecule has 1 aromatic heterocycles. The Morgan fingerprint density at radius 1 is 1.44 bits per heavy atom. The van der Waals surface area contributed by atoms with E-state index in [1.165, 1.54) is 0 Å². The SMILES string of the molecule is CCn1ccnc1C(N)c1ccccc1Cl. The summed E-state index contributed by atoms with van der Waals surface area (Å²) < 4.78 is 2.02. The van der Waals surface area contributed by atoms with Gasteiger partial charge in [-0.1, -0.05) is 29.8 Å². The molecule has 0 aliphatic rings. The fraction of sp³-hybridized carbons (Fsp3) is 0.250. The van der Waals surface area contributed by atoms with Crippen molar-refractivity contribution in [1.29, 1.82) is 0 Å². The van der Waals surface area contributed by atoms with Gasteiger partial charge in [-0.2, -0.15) is 0 Å². The molecule has 2 N–H and O–H groups in total. The van der Waals surface area contributed by atoms with E-state index in [0.29, 0.717) is 5.02 Å². The average Bonchev–Trinajstić information content (AvgIpc) is 2.77. The maximum atomic E-state index is 6.17. The van der Waals surface area contributed by atoms with Gasteiger partial charge in [-0.05, 0) is 18.6 Å². The monoisotopic (exact) mass is 235 g/mol. The van der Waals surface area contributed by atoms with Crippen LogP contribution in [0.4, 0.5) is 0 Å². The minimum absolute atomic E-state index is 0.274. The molecule has 2 rings (SSSR count). The average molecular weight is 236 g/mol. The summed E-state index contributed by atoms with van der Waals surface area (Å²) in [7, 11) is 0. The Balaban J connectivity index is 2.39. The first-order valence-electron chi connectivity index (χ1n) is 5.25. The van der Waals surface area contributed by atoms with Crippen LogP contribution in [0.2, 0.25) is 5.02 Å². The number of imidazole rings is 1. The van der Waals surface area contributed by atoms with Crippen LogP contribution in [0.3, 0.4) is 0 Å². The minimum Gasteiger partial charge on any atom is -0.334 e. The van der Waals surface area contributed by atoms with Crippen molar-refractivity contribution in [3.63, 3.8) is 0 Å². The standard InChI is InChI=1S/C12H14ClN3/c1-2-16-8-7-15-12(16)11(14)9-5-3-4-6-10(9)13/h3-8,11H,2,14H2,1H3. The van der Waals surface area contributed by atoms with Crippen LogP contribution in [0.1, 0.15) is 24.4 Å². The molecule has 1 unspecified atom stereocenters. The largest absolute Gasteiger partial charge is 0.334 e. The molecule has 16 heavy (non-hydrogen) atoms. The first-order chi connectivity index (χ1) is 7.74. The maximum absolute atomic E-state index is 6.17. The molecule has 0 aliphatic carbocycles. The molecule has 0 saturated carbocycles. The van der Waals surface area contributed by atoms with E-state index >= 15 is 0 Å². The topological polar surface area (TPSA) is 43.8 Å². The van der Waals surface area contributed by atoms with Gasteiger partial charge in [0.2, 0.25) is 0 Å². The summed E-state index contributed by atoms with van der Waals surface area (Å²) in [6, 6.07) is 7.33. The molecule has 1 atom stereocenters. The van der Waals surface area contributed by atoms with Gasteiger partial charge in [0.15, 0.2) is 0 Å². The van der Waals surface area contributed by atoms with Crippen LogP contribution in [0.5, 0.6) is 0 Å². The van der Waals surface area contributed by atoms with Gasteiger partial charge in [0, 0.05) is 24.0 Å². The zero-order chi connectivity index (χ0) is 11.5. The molecule has 0 saturated heterocycles. The first-order valence-corrected chi connectivity index (χ1v) is 5.63. The third-order valence-corrected chi connectivity index (χ3v) is 2.95. The molecule has 84 valence electrons. The van der Waals surface area contributed by atoms with Crippen LogP contribution < -0.4 is 5.73 Å². The normalized spacial score (nSPS) is 12.7. The highest BCUT2D eigenvalue weighted by atomic mass is 35.5. The number of hydrogen-bond donors (Lipinski definition) is 1. The van der Waals surface area contributed by atoms with Gasteiger partial charge in [-0.15, -0.1) is 0 Å². The highest BCUT2D eigenvalue weighted by molar-refractivity contribution is 6.31. The van der Waals surface area contributed by atoms with Crippen LogP contribution >= 0.6 is 11.6 Å². The summed E-state index contributed by atoms with van der Waals surface area (Å²) in [5, 5.41) is 0.681. The van der Waals surface area contributed by atoms with Gasteiger partial charge in [-0.3, -0.25) is 0 Å². The number of halogens is 1. The molecular weight excluding hydrogens is 222 g/mol. The molecule has 0 fully saturated rings. The van der Waals surface area contributed by atoms with Crippen LogP contribution in [0.15, 0.2) is 36.7 Å². The smallest absolute Gasteiger partial charge is 0.130 e. The number of rotatable bonds is 3. The Kier molecular flexibility index (Phi) is 3.27. The summed E-state index contributed by atoms with van der Waals surface area (Å²) in [4.78, 5) is 4.28. The summed E-state index contributed by atoms with van der Waals surface area (Å²) in [5.74, 6) is 0.843. The van der Waals surface area contributed by atoms with Gasteiger partial charge in [0.25, 0.3) is 0 Å². The summed E-state index contributed by atoms with van der Waals surface area (Å²) >= 11 is 6.11. The molecule has 0 spiro atoms. The lowest BCUT2D eigenvalue weighted by atomic mass is 10.1. The third-order valence-electron chi connectivity index (χ3n) is 2.61. The predicted octanol–water partition coefficient (Wildman–Crippen LogP) is 2.60. The van der Waals surface area contributed by atoms with Crippen molar-refractivity contribution in [3.8, 4) is 0 Å². The van der Waals surface area contributed by atoms with Crippen molar-refractivity contribution in [3.05, 3.63) is 53.1 Å². The van der Waals surface area contributed by atoms with Crippen molar-refractivity contribution in [2.45, 2.75) is 19.5 Å². The fourth-order valence-electron chi connectivity index (χ4n) is 1.73. The van der Waals surface area contributed by atoms with Gasteiger partial charge < -0.3 is 10.3 Å². The van der Waals surface area contributed by atoms with E-state index in [9.17, 15) is 0 Å². The highest BCUT2D eigenvalue weighted by Gasteiger charge is 2.16. The number of nitrogens with two attached hydrogens (primary N) is 1. The van der Waals surface area contributed by atoms with Crippen molar-refractivity contribution in [2.75, 3.05) is 0 Å². The molecular formula is C12H14ClN3. The van der Waals surface area contributed by atoms with E-state index in [0.717, 1.165) is 17.9 Å². The van der Waals surface area contributed by atoms with Gasteiger partial charge in [0.1, 0.15) is 5.82 Å². The molecule has 1 heterocycles. The molecule has 0 aliphatic heterocycles. The number of nitrogens with zero attached hydrogens (tertiary/aromatic N) is 2. The molecule has 4 heteroatoms. The van der Waals surface area contributed by atoms with Crippen LogP contribution in [0, 0.1) is 0 Å². The fourth-order valence-corrected chi connectivity index (χ4v) is 1.99. The van der Waals surface area contributed by atoms with Crippen molar-refractivity contribution in [1.82, 2.24) is 9.55 Å². The van der Waals surface area contributed by atoms with Crippen LogP contribution in [-0.4, -0.2) is 9.55 Å². The molecule has 2 aromatic rings. The molecule has 0 bridgehead atoms. The molecule has 0 amide bonds. The Morgan fingerprint density at radius 2 is 2.19 bits per heavy atom. The lowest BCUT2D eigenvalue weighted by Gasteiger charge is -2.14. The summed E-state index contributed by atoms with van der Waals surface area (Å²) in [6.45, 7) is 2.91. The van der Waals surface area contributed by atoms with Crippen LogP contribution in [-0.2, 0) is 6.54 Å². The van der Waals surface area contributed by atoms with E-state index in [-0.39, 0.29) is 6.04 Å². The maximum Gasteiger partial charge on any atom is 0.130 e. The molecule has 0 radical (unpaired) electrons. The quantitative estimate of drug-likeness (QED) is 0.889. The molecule has 1 aromatic carbocycles. The van der Waals surface area contributed by atoms with Crippen molar-refractivity contribution < 1.29 is 0 Å². The number of aromatic nitrogens is 2. The van der Waals surface area contributed by atoms with Crippen molar-refractivity contribution in [2.24, 2.45) is 5.73 Å². The first kappa shape index (κ1) is 11.2. The lowest BCUT2D eigenvalue weighted by molar-refractivity contribution is 0.657. The second-order valence-electron chi connectivity index (χ2n) is 3.57. The minimum atomic E-state index is -0.274. The Labute approximate surface area is 99.9 Å². The lowest BCUT2D eigenvalue weighted by Crippen LogP contribution is -2.17. The van der Waals surface area contributed by atoms with E-state index in [4.69, 9.17) is 17.3 Å². The van der Waals surface area contributed by atoms with Gasteiger partial charge >= 0.3 is 0 Å². The van der Waals surface area contributed by atoms with E-state index in [1.54, 1.807) is 6.20 Å². The summed E-state index contributed by atoms with van der Waals surface area (Å²) in [6.07, 6.45) is 3.68. The third kappa shape index (κ3) is 1.96. The summed E-state index contributed by atoms with van der Waals surface area (Å²) in [5.41, 5.74) is 7.08. The Morgan fingerprint density at radius 3 is 2.88 bits per heavy atom. The van der Waals surface area contributed by atoms with E-state index in [2.05, 4.69) is 11.9 Å². The predicted molar refractivity (Wildman–Crippen MR) is 65.4 cm³/mol. The van der Waals surface area contributed by atoms with Gasteiger partial charge in [-0.25, -0.2) is 4.98 Å². The zero-order valence-corrected chi connectivity index (χ0v) is 9.85. The zero-order valence-electron chi connectivity index (χ0n) is 9.10. The van der Waals surface area contributed by atoms with Gasteiger partial charge in [0.05, 0.1) is 6.04 Å². The second-order valence-corrected chi connectivity index (χ2v) is 3.98. The number of hydrogen-bond acceptors (Lipinski definition) is 2.